The van der Waals surface area contributed by atoms with Crippen molar-refractivity contribution in [1.29, 1.82) is 0 Å². The second kappa shape index (κ2) is 9.01. The van der Waals surface area contributed by atoms with Crippen LogP contribution in [0.4, 0.5) is 0 Å². The molecule has 0 aliphatic rings. The molecule has 0 spiro atoms. The maximum Gasteiger partial charge on any atom is 0.0546 e. The Hall–Kier alpha value is -0.0800. The van der Waals surface area contributed by atoms with E-state index in [2.05, 4.69) is 19.2 Å². The quantitative estimate of drug-likeness (QED) is 0.568. The SMILES string of the molecule is CCCC(C)OCCCCNC. The lowest BCUT2D eigenvalue weighted by Gasteiger charge is -2.11. The lowest BCUT2D eigenvalue weighted by atomic mass is 10.2. The van der Waals surface area contributed by atoms with E-state index in [4.69, 9.17) is 4.74 Å². The Bertz CT molecular complexity index is 85.9. The predicted octanol–water partition coefficient (Wildman–Crippen LogP) is 2.19. The lowest BCUT2D eigenvalue weighted by Crippen LogP contribution is -2.11. The van der Waals surface area contributed by atoms with Gasteiger partial charge in [-0.1, -0.05) is 13.3 Å². The number of nitrogens with one attached hydrogen (secondary N) is 1. The van der Waals surface area contributed by atoms with Crippen molar-refractivity contribution in [3.63, 3.8) is 0 Å². The maximum absolute atomic E-state index is 5.60. The summed E-state index contributed by atoms with van der Waals surface area (Å²) in [5.41, 5.74) is 0. The summed E-state index contributed by atoms with van der Waals surface area (Å²) in [5.74, 6) is 0. The monoisotopic (exact) mass is 173 g/mol. The van der Waals surface area contributed by atoms with E-state index >= 15 is 0 Å². The minimum atomic E-state index is 0.449. The first-order chi connectivity index (χ1) is 5.81. The molecule has 0 bridgehead atoms. The topological polar surface area (TPSA) is 21.3 Å². The van der Waals surface area contributed by atoms with Gasteiger partial charge in [0.25, 0.3) is 0 Å². The van der Waals surface area contributed by atoms with E-state index in [-0.39, 0.29) is 0 Å². The average molecular weight is 173 g/mol. The van der Waals surface area contributed by atoms with Crippen molar-refractivity contribution >= 4 is 0 Å². The number of hydrogen-bond acceptors (Lipinski definition) is 2. The summed E-state index contributed by atoms with van der Waals surface area (Å²) in [5, 5.41) is 3.13. The molecule has 12 heavy (non-hydrogen) atoms. The van der Waals surface area contributed by atoms with Gasteiger partial charge in [-0.25, -0.2) is 0 Å². The molecule has 1 N–H and O–H groups in total. The fraction of sp³-hybridized carbons (Fsp3) is 1.00. The van der Waals surface area contributed by atoms with E-state index in [1.165, 1.54) is 25.7 Å². The van der Waals surface area contributed by atoms with Gasteiger partial charge < -0.3 is 10.1 Å². The van der Waals surface area contributed by atoms with Crippen LogP contribution in [0.25, 0.3) is 0 Å². The van der Waals surface area contributed by atoms with E-state index in [0.717, 1.165) is 13.2 Å². The second-order valence-corrected chi connectivity index (χ2v) is 3.28. The van der Waals surface area contributed by atoms with E-state index in [1.54, 1.807) is 0 Å². The van der Waals surface area contributed by atoms with Crippen LogP contribution in [-0.2, 0) is 4.74 Å². The molecule has 0 aliphatic heterocycles. The van der Waals surface area contributed by atoms with Crippen LogP contribution >= 0.6 is 0 Å². The molecule has 0 aliphatic carbocycles. The molecule has 0 aromatic heterocycles. The largest absolute Gasteiger partial charge is 0.379 e. The third-order valence-electron chi connectivity index (χ3n) is 1.92. The van der Waals surface area contributed by atoms with Gasteiger partial charge in [0.05, 0.1) is 6.10 Å². The van der Waals surface area contributed by atoms with Crippen LogP contribution in [0.5, 0.6) is 0 Å². The molecule has 0 aromatic carbocycles. The van der Waals surface area contributed by atoms with Crippen LogP contribution in [0.3, 0.4) is 0 Å². The Balaban J connectivity index is 2.97. The van der Waals surface area contributed by atoms with Crippen LogP contribution in [-0.4, -0.2) is 26.3 Å². The van der Waals surface area contributed by atoms with Gasteiger partial charge >= 0.3 is 0 Å². The van der Waals surface area contributed by atoms with E-state index < -0.39 is 0 Å². The average Bonchev–Trinajstić information content (AvgIpc) is 2.05. The van der Waals surface area contributed by atoms with E-state index in [0.29, 0.717) is 6.10 Å². The molecule has 0 fully saturated rings. The third-order valence-corrected chi connectivity index (χ3v) is 1.92. The van der Waals surface area contributed by atoms with Crippen molar-refractivity contribution in [3.8, 4) is 0 Å². The van der Waals surface area contributed by atoms with Gasteiger partial charge in [-0.3, -0.25) is 0 Å². The number of hydrogen-bond donors (Lipinski definition) is 1. The Morgan fingerprint density at radius 3 is 2.67 bits per heavy atom. The Labute approximate surface area is 76.7 Å². The molecule has 0 aromatic rings. The summed E-state index contributed by atoms with van der Waals surface area (Å²) in [6, 6.07) is 0. The summed E-state index contributed by atoms with van der Waals surface area (Å²) in [6.45, 7) is 6.37. The normalized spacial score (nSPS) is 13.2. The summed E-state index contributed by atoms with van der Waals surface area (Å²) in [4.78, 5) is 0. The van der Waals surface area contributed by atoms with E-state index in [1.807, 2.05) is 7.05 Å². The zero-order valence-electron chi connectivity index (χ0n) is 8.73. The highest BCUT2D eigenvalue weighted by atomic mass is 16.5. The Morgan fingerprint density at radius 2 is 2.08 bits per heavy atom. The van der Waals surface area contributed by atoms with Gasteiger partial charge in [0.15, 0.2) is 0 Å². The highest BCUT2D eigenvalue weighted by Crippen LogP contribution is 2.01. The minimum Gasteiger partial charge on any atom is -0.379 e. The number of rotatable bonds is 8. The van der Waals surface area contributed by atoms with Crippen LogP contribution < -0.4 is 5.32 Å². The molecule has 0 amide bonds. The Kier molecular flexibility index (Phi) is 8.95. The standard InChI is InChI=1S/C10H23NO/c1-4-7-10(2)12-9-6-5-8-11-3/h10-11H,4-9H2,1-3H3. The molecule has 0 rings (SSSR count). The molecule has 0 saturated carbocycles. The van der Waals surface area contributed by atoms with Gasteiger partial charge in [-0.05, 0) is 39.8 Å². The summed E-state index contributed by atoms with van der Waals surface area (Å²) in [7, 11) is 1.99. The zero-order valence-corrected chi connectivity index (χ0v) is 8.73. The summed E-state index contributed by atoms with van der Waals surface area (Å²) in [6.07, 6.45) is 5.25. The zero-order chi connectivity index (χ0) is 9.23. The van der Waals surface area contributed by atoms with Crippen molar-refractivity contribution < 1.29 is 4.74 Å². The molecule has 1 unspecified atom stereocenters. The number of unbranched alkanes of at least 4 members (excludes halogenated alkanes) is 1. The maximum atomic E-state index is 5.60. The first kappa shape index (κ1) is 11.9. The fourth-order valence-electron chi connectivity index (χ4n) is 1.18. The molecule has 0 radical (unpaired) electrons. The molecule has 74 valence electrons. The highest BCUT2D eigenvalue weighted by molar-refractivity contribution is 4.49. The molecule has 0 saturated heterocycles. The molecular weight excluding hydrogens is 150 g/mol. The van der Waals surface area contributed by atoms with Gasteiger partial charge in [0, 0.05) is 6.61 Å². The first-order valence-electron chi connectivity index (χ1n) is 5.07. The van der Waals surface area contributed by atoms with Gasteiger partial charge in [0.2, 0.25) is 0 Å². The van der Waals surface area contributed by atoms with E-state index in [9.17, 15) is 0 Å². The molecule has 0 heterocycles. The molecule has 1 atom stereocenters. The Morgan fingerprint density at radius 1 is 1.33 bits per heavy atom. The van der Waals surface area contributed by atoms with Crippen molar-refractivity contribution in [3.05, 3.63) is 0 Å². The third kappa shape index (κ3) is 8.02. The second-order valence-electron chi connectivity index (χ2n) is 3.28. The minimum absolute atomic E-state index is 0.449. The van der Waals surface area contributed by atoms with Crippen LogP contribution in [0.2, 0.25) is 0 Å². The van der Waals surface area contributed by atoms with Crippen molar-refractivity contribution in [2.24, 2.45) is 0 Å². The fourth-order valence-corrected chi connectivity index (χ4v) is 1.18. The predicted molar refractivity (Wildman–Crippen MR) is 53.5 cm³/mol. The van der Waals surface area contributed by atoms with Crippen molar-refractivity contribution in [1.82, 2.24) is 5.32 Å². The summed E-state index contributed by atoms with van der Waals surface area (Å²) < 4.78 is 5.60. The van der Waals surface area contributed by atoms with Crippen molar-refractivity contribution in [2.45, 2.75) is 45.6 Å². The first-order valence-corrected chi connectivity index (χ1v) is 5.07. The van der Waals surface area contributed by atoms with Gasteiger partial charge in [-0.15, -0.1) is 0 Å². The lowest BCUT2D eigenvalue weighted by molar-refractivity contribution is 0.0574. The highest BCUT2D eigenvalue weighted by Gasteiger charge is 1.98. The molecule has 2 nitrogen and oxygen atoms in total. The van der Waals surface area contributed by atoms with Crippen LogP contribution in [0.1, 0.15) is 39.5 Å². The van der Waals surface area contributed by atoms with Crippen LogP contribution in [0, 0.1) is 0 Å². The molecular formula is C10H23NO. The van der Waals surface area contributed by atoms with Crippen LogP contribution in [0.15, 0.2) is 0 Å². The number of ether oxygens (including phenoxy) is 1. The van der Waals surface area contributed by atoms with Gasteiger partial charge in [0.1, 0.15) is 0 Å². The van der Waals surface area contributed by atoms with Gasteiger partial charge in [-0.2, -0.15) is 0 Å². The summed E-state index contributed by atoms with van der Waals surface area (Å²) >= 11 is 0. The molecule has 2 heteroatoms. The van der Waals surface area contributed by atoms with Crippen molar-refractivity contribution in [2.75, 3.05) is 20.2 Å². The smallest absolute Gasteiger partial charge is 0.0546 e.